The van der Waals surface area contributed by atoms with Gasteiger partial charge in [0.25, 0.3) is 5.91 Å². The van der Waals surface area contributed by atoms with Gasteiger partial charge in [-0.3, -0.25) is 4.79 Å². The number of benzene rings is 1. The van der Waals surface area contributed by atoms with Gasteiger partial charge in [0, 0.05) is 17.7 Å². The second-order valence-electron chi connectivity index (χ2n) is 4.58. The molecule has 92 valence electrons. The third-order valence-corrected chi connectivity index (χ3v) is 3.44. The molecule has 0 saturated heterocycles. The Morgan fingerprint density at radius 2 is 1.94 bits per heavy atom. The van der Waals surface area contributed by atoms with E-state index in [-0.39, 0.29) is 11.8 Å². The first-order valence-corrected chi connectivity index (χ1v) is 6.15. The van der Waals surface area contributed by atoms with Crippen LogP contribution >= 0.6 is 23.2 Å². The maximum Gasteiger partial charge on any atom is 0.256 e. The third-order valence-electron chi connectivity index (χ3n) is 2.72. The van der Waals surface area contributed by atoms with E-state index >= 15 is 0 Å². The summed E-state index contributed by atoms with van der Waals surface area (Å²) in [6.07, 6.45) is -0.922. The van der Waals surface area contributed by atoms with Crippen molar-refractivity contribution >= 4 is 29.1 Å². The SMILES string of the molecule is CC(C)CN1C(=O)c2cc(Cl)c(Cl)cc2C1O. The van der Waals surface area contributed by atoms with E-state index < -0.39 is 6.23 Å². The van der Waals surface area contributed by atoms with Crippen LogP contribution in [-0.2, 0) is 0 Å². The van der Waals surface area contributed by atoms with Crippen molar-refractivity contribution in [2.24, 2.45) is 5.92 Å². The number of aliphatic hydroxyl groups is 1. The highest BCUT2D eigenvalue weighted by Crippen LogP contribution is 2.37. The average Bonchev–Trinajstić information content (AvgIpc) is 2.45. The minimum Gasteiger partial charge on any atom is -0.369 e. The fourth-order valence-corrected chi connectivity index (χ4v) is 2.31. The Morgan fingerprint density at radius 3 is 2.53 bits per heavy atom. The predicted octanol–water partition coefficient (Wildman–Crippen LogP) is 3.10. The zero-order chi connectivity index (χ0) is 12.7. The normalized spacial score (nSPS) is 19.1. The van der Waals surface area contributed by atoms with E-state index in [1.165, 1.54) is 11.0 Å². The van der Waals surface area contributed by atoms with Crippen molar-refractivity contribution in [2.75, 3.05) is 6.54 Å². The lowest BCUT2D eigenvalue weighted by atomic mass is 10.1. The standard InChI is InChI=1S/C12H13Cl2NO2/c1-6(2)5-15-11(16)7-3-9(13)10(14)4-8(7)12(15)17/h3-4,6,11,16H,5H2,1-2H3. The molecule has 1 unspecified atom stereocenters. The first-order valence-electron chi connectivity index (χ1n) is 5.39. The van der Waals surface area contributed by atoms with E-state index in [4.69, 9.17) is 23.2 Å². The maximum atomic E-state index is 12.1. The molecule has 1 aromatic rings. The van der Waals surface area contributed by atoms with Gasteiger partial charge in [0.1, 0.15) is 0 Å². The molecule has 0 spiro atoms. The molecule has 0 radical (unpaired) electrons. The smallest absolute Gasteiger partial charge is 0.256 e. The molecule has 0 saturated carbocycles. The summed E-state index contributed by atoms with van der Waals surface area (Å²) < 4.78 is 0. The van der Waals surface area contributed by atoms with Crippen LogP contribution in [-0.4, -0.2) is 22.5 Å². The van der Waals surface area contributed by atoms with Crippen LogP contribution in [0.3, 0.4) is 0 Å². The first-order chi connectivity index (χ1) is 7.91. The number of carbonyl (C=O) groups excluding carboxylic acids is 1. The Morgan fingerprint density at radius 1 is 1.35 bits per heavy atom. The Kier molecular flexibility index (Phi) is 3.34. The number of aliphatic hydroxyl groups excluding tert-OH is 1. The van der Waals surface area contributed by atoms with Gasteiger partial charge in [-0.2, -0.15) is 0 Å². The monoisotopic (exact) mass is 273 g/mol. The van der Waals surface area contributed by atoms with E-state index in [0.29, 0.717) is 27.7 Å². The number of nitrogens with zero attached hydrogens (tertiary/aromatic N) is 1. The number of hydrogen-bond acceptors (Lipinski definition) is 2. The molecule has 1 amide bonds. The number of amides is 1. The fourth-order valence-electron chi connectivity index (χ4n) is 1.97. The Labute approximate surface area is 110 Å². The zero-order valence-corrected chi connectivity index (χ0v) is 11.1. The fraction of sp³-hybridized carbons (Fsp3) is 0.417. The van der Waals surface area contributed by atoms with E-state index in [9.17, 15) is 9.90 Å². The predicted molar refractivity (Wildman–Crippen MR) is 67.3 cm³/mol. The molecule has 1 N–H and O–H groups in total. The summed E-state index contributed by atoms with van der Waals surface area (Å²) in [5, 5.41) is 10.8. The molecule has 5 heteroatoms. The molecule has 3 nitrogen and oxygen atoms in total. The molecule has 0 bridgehead atoms. The van der Waals surface area contributed by atoms with Crippen molar-refractivity contribution in [3.8, 4) is 0 Å². The van der Waals surface area contributed by atoms with E-state index in [0.717, 1.165) is 0 Å². The van der Waals surface area contributed by atoms with Gasteiger partial charge < -0.3 is 10.0 Å². The van der Waals surface area contributed by atoms with Gasteiger partial charge in [-0.15, -0.1) is 0 Å². The van der Waals surface area contributed by atoms with Gasteiger partial charge in [0.2, 0.25) is 0 Å². The summed E-state index contributed by atoms with van der Waals surface area (Å²) in [7, 11) is 0. The molecule has 1 heterocycles. The first kappa shape index (κ1) is 12.7. The molecule has 0 aliphatic carbocycles. The van der Waals surface area contributed by atoms with Crippen LogP contribution in [0, 0.1) is 5.92 Å². The van der Waals surface area contributed by atoms with Crippen molar-refractivity contribution in [1.29, 1.82) is 0 Å². The van der Waals surface area contributed by atoms with Crippen LogP contribution in [0.2, 0.25) is 10.0 Å². The summed E-state index contributed by atoms with van der Waals surface area (Å²) in [6.45, 7) is 4.48. The molecular formula is C12H13Cl2NO2. The van der Waals surface area contributed by atoms with Crippen LogP contribution in [0.1, 0.15) is 36.0 Å². The molecule has 17 heavy (non-hydrogen) atoms. The highest BCUT2D eigenvalue weighted by atomic mass is 35.5. The van der Waals surface area contributed by atoms with Crippen molar-refractivity contribution in [2.45, 2.75) is 20.1 Å². The van der Waals surface area contributed by atoms with Crippen molar-refractivity contribution < 1.29 is 9.90 Å². The van der Waals surface area contributed by atoms with Gasteiger partial charge in [-0.1, -0.05) is 37.0 Å². The molecule has 1 aromatic carbocycles. The Hall–Kier alpha value is -0.770. The lowest BCUT2D eigenvalue weighted by Gasteiger charge is -2.22. The Balaban J connectivity index is 2.42. The summed E-state index contributed by atoms with van der Waals surface area (Å²) in [4.78, 5) is 13.5. The van der Waals surface area contributed by atoms with Crippen LogP contribution < -0.4 is 0 Å². The number of hydrogen-bond donors (Lipinski definition) is 1. The molecule has 0 aromatic heterocycles. The topological polar surface area (TPSA) is 40.5 Å². The summed E-state index contributed by atoms with van der Waals surface area (Å²) in [5.74, 6) is 0.0913. The lowest BCUT2D eigenvalue weighted by molar-refractivity contribution is 0.0127. The molecule has 1 aliphatic rings. The minimum absolute atomic E-state index is 0.195. The second kappa shape index (κ2) is 4.48. The van der Waals surface area contributed by atoms with Gasteiger partial charge >= 0.3 is 0 Å². The van der Waals surface area contributed by atoms with Gasteiger partial charge in [-0.05, 0) is 18.1 Å². The average molecular weight is 274 g/mol. The minimum atomic E-state index is -0.922. The van der Waals surface area contributed by atoms with Crippen molar-refractivity contribution in [3.05, 3.63) is 33.3 Å². The molecule has 2 rings (SSSR count). The molecule has 0 fully saturated rings. The Bertz CT molecular complexity index is 474. The molecule has 1 atom stereocenters. The number of rotatable bonds is 2. The number of fused-ring (bicyclic) bond motifs is 1. The van der Waals surface area contributed by atoms with Crippen LogP contribution in [0.4, 0.5) is 0 Å². The third kappa shape index (κ3) is 2.15. The van der Waals surface area contributed by atoms with Crippen LogP contribution in [0.15, 0.2) is 12.1 Å². The van der Waals surface area contributed by atoms with Crippen LogP contribution in [0.25, 0.3) is 0 Å². The highest BCUT2D eigenvalue weighted by Gasteiger charge is 2.36. The quantitative estimate of drug-likeness (QED) is 0.900. The second-order valence-corrected chi connectivity index (χ2v) is 5.39. The van der Waals surface area contributed by atoms with E-state index in [2.05, 4.69) is 0 Å². The molecular weight excluding hydrogens is 261 g/mol. The largest absolute Gasteiger partial charge is 0.369 e. The van der Waals surface area contributed by atoms with Gasteiger partial charge in [-0.25, -0.2) is 0 Å². The van der Waals surface area contributed by atoms with Gasteiger partial charge in [0.15, 0.2) is 6.23 Å². The number of carbonyl (C=O) groups is 1. The maximum absolute atomic E-state index is 12.1. The summed E-state index contributed by atoms with van der Waals surface area (Å²) >= 11 is 11.8. The molecule has 1 aliphatic heterocycles. The van der Waals surface area contributed by atoms with Crippen LogP contribution in [0.5, 0.6) is 0 Å². The van der Waals surface area contributed by atoms with Crippen molar-refractivity contribution in [3.63, 3.8) is 0 Å². The van der Waals surface area contributed by atoms with E-state index in [1.54, 1.807) is 6.07 Å². The van der Waals surface area contributed by atoms with Gasteiger partial charge in [0.05, 0.1) is 10.0 Å². The van der Waals surface area contributed by atoms with Crippen molar-refractivity contribution in [1.82, 2.24) is 4.90 Å². The highest BCUT2D eigenvalue weighted by molar-refractivity contribution is 6.42. The van der Waals surface area contributed by atoms with E-state index in [1.807, 2.05) is 13.8 Å². The lowest BCUT2D eigenvalue weighted by Crippen LogP contribution is -2.31. The number of halogens is 2. The summed E-state index contributed by atoms with van der Waals surface area (Å²) in [6, 6.07) is 3.08. The zero-order valence-electron chi connectivity index (χ0n) is 9.58. The summed E-state index contributed by atoms with van der Waals surface area (Å²) in [5.41, 5.74) is 0.970.